The highest BCUT2D eigenvalue weighted by Gasteiger charge is 2.24. The van der Waals surface area contributed by atoms with E-state index in [1.807, 2.05) is 0 Å². The van der Waals surface area contributed by atoms with Crippen molar-refractivity contribution < 1.29 is 74.7 Å². The van der Waals surface area contributed by atoms with Gasteiger partial charge in [0.15, 0.2) is 0 Å². The average molecular weight is 843 g/mol. The number of aliphatic imine (C=N–C) groups is 3. The number of aryl methyl sites for hydroxylation is 2. The summed E-state index contributed by atoms with van der Waals surface area (Å²) in [6.07, 6.45) is 0. The number of anilines is 1. The maximum Gasteiger partial charge on any atom is 0.336 e. The molecular weight excluding hydrogens is 812 g/mol. The third-order valence-corrected chi connectivity index (χ3v) is 9.49. The van der Waals surface area contributed by atoms with Gasteiger partial charge in [-0.1, -0.05) is 12.1 Å². The number of carboxylic acids is 6. The molecule has 0 atom stereocenters. The minimum atomic E-state index is -1.58. The monoisotopic (exact) mass is 842 g/mol. The number of nitrogens with one attached hydrogen (secondary N) is 1. The first kappa shape index (κ1) is 42.5. The molecule has 19 nitrogen and oxygen atoms in total. The molecule has 6 rings (SSSR count). The number of benzene rings is 6. The molecular formula is C43H30N4O15. The number of fused-ring (bicyclic) bond motifs is 2. The lowest BCUT2D eigenvalue weighted by Gasteiger charge is -2.12. The second-order valence-corrected chi connectivity index (χ2v) is 13.5. The molecule has 0 bridgehead atoms. The topological polar surface area (TPSA) is 334 Å². The van der Waals surface area contributed by atoms with E-state index in [0.29, 0.717) is 11.1 Å². The second-order valence-electron chi connectivity index (χ2n) is 13.5. The number of hydrogen-bond acceptors (Lipinski definition) is 9. The van der Waals surface area contributed by atoms with Gasteiger partial charge in [-0.25, -0.2) is 38.8 Å². The van der Waals surface area contributed by atoms with Crippen molar-refractivity contribution >= 4 is 97.9 Å². The zero-order valence-corrected chi connectivity index (χ0v) is 31.9. The Bertz CT molecular complexity index is 3080. The molecule has 0 heterocycles. The van der Waals surface area contributed by atoms with Gasteiger partial charge < -0.3 is 51.3 Å². The summed E-state index contributed by atoms with van der Waals surface area (Å²) < 4.78 is 0. The van der Waals surface area contributed by atoms with E-state index >= 15 is 0 Å². The lowest BCUT2D eigenvalue weighted by atomic mass is 9.95. The van der Waals surface area contributed by atoms with Crippen LogP contribution in [0.4, 0.5) is 22.7 Å². The molecule has 0 aliphatic heterocycles. The Labute approximate surface area is 346 Å². The number of aliphatic hydroxyl groups is 3. The van der Waals surface area contributed by atoms with E-state index in [4.69, 9.17) is 0 Å². The highest BCUT2D eigenvalue weighted by molar-refractivity contribution is 6.18. The van der Waals surface area contributed by atoms with Gasteiger partial charge >= 0.3 is 35.8 Å². The number of amidine groups is 1. The fourth-order valence-electron chi connectivity index (χ4n) is 6.46. The molecule has 10 N–H and O–H groups in total. The van der Waals surface area contributed by atoms with Crippen LogP contribution in [0.5, 0.6) is 0 Å². The van der Waals surface area contributed by atoms with Crippen LogP contribution in [0.1, 0.15) is 84.4 Å². The quantitative estimate of drug-likeness (QED) is 0.0416. The first-order valence-corrected chi connectivity index (χ1v) is 17.7. The van der Waals surface area contributed by atoms with Crippen molar-refractivity contribution in [1.82, 2.24) is 0 Å². The summed E-state index contributed by atoms with van der Waals surface area (Å²) in [5.74, 6) is -10.5. The van der Waals surface area contributed by atoms with Crippen LogP contribution >= 0.6 is 0 Å². The number of hydrogen-bond donors (Lipinski definition) is 10. The normalized spacial score (nSPS) is 12.0. The van der Waals surface area contributed by atoms with Crippen LogP contribution in [-0.2, 0) is 0 Å². The molecule has 62 heavy (non-hydrogen) atoms. The van der Waals surface area contributed by atoms with E-state index < -0.39 is 87.0 Å². The van der Waals surface area contributed by atoms with E-state index in [1.54, 1.807) is 13.8 Å². The van der Waals surface area contributed by atoms with E-state index in [2.05, 4.69) is 20.3 Å². The van der Waals surface area contributed by atoms with Gasteiger partial charge in [-0.15, -0.1) is 0 Å². The summed E-state index contributed by atoms with van der Waals surface area (Å²) in [7, 11) is 0. The first-order valence-electron chi connectivity index (χ1n) is 17.7. The predicted molar refractivity (Wildman–Crippen MR) is 223 cm³/mol. The molecule has 0 amide bonds. The summed E-state index contributed by atoms with van der Waals surface area (Å²) in [4.78, 5) is 84.3. The maximum absolute atomic E-state index is 12.2. The van der Waals surface area contributed by atoms with Crippen LogP contribution in [0, 0.1) is 13.8 Å². The summed E-state index contributed by atoms with van der Waals surface area (Å²) in [6.45, 7) is 3.28. The minimum Gasteiger partial charge on any atom is -0.493 e. The Hall–Kier alpha value is -9.13. The third kappa shape index (κ3) is 8.38. The Morgan fingerprint density at radius 2 is 0.823 bits per heavy atom. The van der Waals surface area contributed by atoms with Crippen molar-refractivity contribution in [3.63, 3.8) is 0 Å². The van der Waals surface area contributed by atoms with Crippen LogP contribution in [0.2, 0.25) is 0 Å². The van der Waals surface area contributed by atoms with Crippen molar-refractivity contribution in [3.8, 4) is 0 Å². The molecule has 0 aliphatic rings. The van der Waals surface area contributed by atoms with Crippen LogP contribution < -0.4 is 5.32 Å². The molecule has 0 saturated heterocycles. The van der Waals surface area contributed by atoms with E-state index in [-0.39, 0.29) is 55.4 Å². The highest BCUT2D eigenvalue weighted by atomic mass is 16.4. The van der Waals surface area contributed by atoms with Gasteiger partial charge in [0.2, 0.25) is 11.8 Å². The molecule has 0 saturated carbocycles. The fraction of sp³-hybridized carbons (Fsp3) is 0.0465. The SMILES string of the molecule is Cc1ccc(C(O)=Nc2ccc(C(=O)O)c3cc(C(=O)O)cc(C(=O)O)c23)cc1N=C(O)Nc1cc(C(O)=Nc2ccc(C(=O)O)c3cc(C(=O)O)cc(C(=O)O)c23)ccc1C. The van der Waals surface area contributed by atoms with Gasteiger partial charge in [-0.3, -0.25) is 0 Å². The standard InChI is InChI=1S/C43H30N4O15/c1-17-3-5-19(35(48)44-29-9-7-23(39(54)55)25-11-21(37(50)51)13-27(33(25)29)41(58)59)15-31(17)46-43(62)47-32-16-20(6-4-18(32)2)36(49)45-30-10-8-24(40(56)57)26-12-22(38(52)53)14-28(34(26)30)42(60)61/h3-16H,1-2H3,(H,44,48)(H,45,49)(H,50,51)(H,52,53)(H,54,55)(H,56,57)(H,58,59)(H,60,61)(H2,46,47,62). The van der Waals surface area contributed by atoms with Crippen LogP contribution in [0.15, 0.2) is 99.9 Å². The summed E-state index contributed by atoms with van der Waals surface area (Å²) in [5, 5.41) is 93.3. The van der Waals surface area contributed by atoms with Crippen LogP contribution in [-0.4, -0.2) is 99.6 Å². The minimum absolute atomic E-state index is 0.0186. The Kier molecular flexibility index (Phi) is 11.4. The average Bonchev–Trinajstić information content (AvgIpc) is 3.21. The van der Waals surface area contributed by atoms with Crippen molar-refractivity contribution in [2.45, 2.75) is 13.8 Å². The van der Waals surface area contributed by atoms with E-state index in [9.17, 15) is 74.7 Å². The smallest absolute Gasteiger partial charge is 0.336 e. The molecule has 0 aliphatic carbocycles. The molecule has 0 unspecified atom stereocenters. The molecule has 0 fully saturated rings. The fourth-order valence-corrected chi connectivity index (χ4v) is 6.46. The summed E-state index contributed by atoms with van der Waals surface area (Å²) in [6, 6.07) is 16.1. The van der Waals surface area contributed by atoms with Gasteiger partial charge in [0.05, 0.1) is 50.4 Å². The van der Waals surface area contributed by atoms with Crippen LogP contribution in [0.3, 0.4) is 0 Å². The van der Waals surface area contributed by atoms with Gasteiger partial charge in [0.1, 0.15) is 0 Å². The number of nitrogens with zero attached hydrogens (tertiary/aromatic N) is 3. The second kappa shape index (κ2) is 16.6. The molecule has 0 spiro atoms. The third-order valence-electron chi connectivity index (χ3n) is 9.49. The lowest BCUT2D eigenvalue weighted by Crippen LogP contribution is -2.12. The number of carbonyl (C=O) groups is 6. The Morgan fingerprint density at radius 3 is 1.24 bits per heavy atom. The molecule has 0 aromatic heterocycles. The number of aliphatic hydroxyl groups excluding tert-OH is 3. The lowest BCUT2D eigenvalue weighted by molar-refractivity contribution is 0.0677. The molecule has 6 aromatic rings. The predicted octanol–water partition coefficient (Wildman–Crippen LogP) is 7.73. The van der Waals surface area contributed by atoms with Gasteiger partial charge in [-0.05, 0) is 97.8 Å². The highest BCUT2D eigenvalue weighted by Crippen LogP contribution is 2.36. The molecule has 312 valence electrons. The zero-order chi connectivity index (χ0) is 45.3. The largest absolute Gasteiger partial charge is 0.493 e. The zero-order valence-electron chi connectivity index (χ0n) is 31.9. The summed E-state index contributed by atoms with van der Waals surface area (Å²) in [5.41, 5.74) is -1.96. The number of rotatable bonds is 12. The molecule has 19 heteroatoms. The van der Waals surface area contributed by atoms with Crippen molar-refractivity contribution in [2.75, 3.05) is 5.32 Å². The van der Waals surface area contributed by atoms with Gasteiger partial charge in [-0.2, -0.15) is 4.99 Å². The maximum atomic E-state index is 12.2. The molecule has 6 aromatic carbocycles. The van der Waals surface area contributed by atoms with Gasteiger partial charge in [0.25, 0.3) is 6.02 Å². The van der Waals surface area contributed by atoms with Crippen molar-refractivity contribution in [1.29, 1.82) is 0 Å². The van der Waals surface area contributed by atoms with E-state index in [0.717, 1.165) is 48.5 Å². The van der Waals surface area contributed by atoms with Crippen LogP contribution in [0.25, 0.3) is 21.5 Å². The number of aromatic carboxylic acids is 6. The Morgan fingerprint density at radius 1 is 0.403 bits per heavy atom. The Balaban J connectivity index is 1.35. The van der Waals surface area contributed by atoms with E-state index in [1.165, 1.54) is 36.4 Å². The first-order chi connectivity index (χ1) is 29.2. The number of carboxylic acid groups (broad SMARTS) is 6. The van der Waals surface area contributed by atoms with Gasteiger partial charge in [0, 0.05) is 38.4 Å². The van der Waals surface area contributed by atoms with Crippen molar-refractivity contribution in [3.05, 3.63) is 141 Å². The summed E-state index contributed by atoms with van der Waals surface area (Å²) >= 11 is 0. The molecule has 0 radical (unpaired) electrons. The van der Waals surface area contributed by atoms with Crippen molar-refractivity contribution in [2.24, 2.45) is 15.0 Å².